The molecular weight excluding hydrogens is 754 g/mol. The summed E-state index contributed by atoms with van der Waals surface area (Å²) in [6.07, 6.45) is 1.56. The molecule has 0 radical (unpaired) electrons. The molecule has 6 aromatic rings. The third-order valence-corrected chi connectivity index (χ3v) is 8.60. The van der Waals surface area contributed by atoms with Gasteiger partial charge < -0.3 is 13.9 Å². The zero-order valence-electron chi connectivity index (χ0n) is 21.8. The summed E-state index contributed by atoms with van der Waals surface area (Å²) >= 11 is 16.8. The molecular formula is C31H19Br3ClN3O4. The van der Waals surface area contributed by atoms with Crippen LogP contribution in [0.5, 0.6) is 11.5 Å². The Labute approximate surface area is 270 Å². The lowest BCUT2D eigenvalue weighted by atomic mass is 10.2. The van der Waals surface area contributed by atoms with Gasteiger partial charge in [-0.15, -0.1) is 0 Å². The first-order chi connectivity index (χ1) is 20.3. The maximum atomic E-state index is 13.6. The minimum Gasteiger partial charge on any atom is -0.493 e. The largest absolute Gasteiger partial charge is 0.493 e. The van der Waals surface area contributed by atoms with Crippen molar-refractivity contribution in [1.29, 1.82) is 0 Å². The van der Waals surface area contributed by atoms with E-state index < -0.39 is 0 Å². The van der Waals surface area contributed by atoms with Crippen LogP contribution in [0.15, 0.2) is 107 Å². The van der Waals surface area contributed by atoms with Gasteiger partial charge in [-0.2, -0.15) is 9.78 Å². The molecule has 0 atom stereocenters. The number of hydrogen-bond acceptors (Lipinski definition) is 6. The van der Waals surface area contributed by atoms with Gasteiger partial charge in [0.25, 0.3) is 5.56 Å². The highest BCUT2D eigenvalue weighted by Gasteiger charge is 2.17. The number of methoxy groups -OCH3 is 1. The summed E-state index contributed by atoms with van der Waals surface area (Å²) in [5.41, 5.74) is 2.44. The number of ether oxygens (including phenoxy) is 2. The molecule has 0 aliphatic carbocycles. The van der Waals surface area contributed by atoms with E-state index in [0.717, 1.165) is 19.9 Å². The Hall–Kier alpha value is -3.44. The number of benzene rings is 4. The van der Waals surface area contributed by atoms with Crippen LogP contribution < -0.4 is 15.0 Å². The van der Waals surface area contributed by atoms with Gasteiger partial charge in [-0.25, -0.2) is 4.98 Å². The Kier molecular flexibility index (Phi) is 8.22. The fraction of sp³-hybridized carbons (Fsp3) is 0.0645. The van der Waals surface area contributed by atoms with Crippen molar-refractivity contribution in [2.75, 3.05) is 7.11 Å². The molecule has 6 rings (SSSR count). The van der Waals surface area contributed by atoms with Crippen LogP contribution in [0.4, 0.5) is 0 Å². The van der Waals surface area contributed by atoms with Crippen molar-refractivity contribution in [2.24, 2.45) is 5.10 Å². The van der Waals surface area contributed by atoms with Gasteiger partial charge in [0.2, 0.25) is 5.82 Å². The molecule has 0 spiro atoms. The maximum Gasteiger partial charge on any atom is 0.282 e. The van der Waals surface area contributed by atoms with Gasteiger partial charge in [-0.3, -0.25) is 4.79 Å². The molecule has 0 unspecified atom stereocenters. The summed E-state index contributed by atoms with van der Waals surface area (Å²) in [6, 6.07) is 23.7. The van der Waals surface area contributed by atoms with E-state index in [4.69, 9.17) is 30.5 Å². The topological polar surface area (TPSA) is 78.9 Å². The second-order valence-electron chi connectivity index (χ2n) is 9.16. The Bertz CT molecular complexity index is 2070. The summed E-state index contributed by atoms with van der Waals surface area (Å²) in [5.74, 6) is 1.69. The van der Waals surface area contributed by atoms with Crippen molar-refractivity contribution in [3.05, 3.63) is 119 Å². The van der Waals surface area contributed by atoms with E-state index in [1.54, 1.807) is 67.9 Å². The van der Waals surface area contributed by atoms with Crippen LogP contribution in [0.1, 0.15) is 11.1 Å². The monoisotopic (exact) mass is 769 g/mol. The lowest BCUT2D eigenvalue weighted by Gasteiger charge is -2.14. The first-order valence-corrected chi connectivity index (χ1v) is 15.3. The number of furan rings is 1. The van der Waals surface area contributed by atoms with E-state index in [9.17, 15) is 4.79 Å². The molecule has 0 saturated heterocycles. The van der Waals surface area contributed by atoms with Crippen molar-refractivity contribution in [3.8, 4) is 23.1 Å². The Morgan fingerprint density at radius 1 is 0.976 bits per heavy atom. The molecule has 210 valence electrons. The summed E-state index contributed by atoms with van der Waals surface area (Å²) in [6.45, 7) is 0.328. The summed E-state index contributed by atoms with van der Waals surface area (Å²) in [5, 5.41) is 6.35. The van der Waals surface area contributed by atoms with Gasteiger partial charge >= 0.3 is 0 Å². The number of halogens is 4. The zero-order chi connectivity index (χ0) is 29.4. The molecule has 0 fully saturated rings. The van der Waals surface area contributed by atoms with E-state index in [1.807, 2.05) is 24.3 Å². The van der Waals surface area contributed by atoms with Gasteiger partial charge in [0.1, 0.15) is 12.2 Å². The third kappa shape index (κ3) is 5.76. The van der Waals surface area contributed by atoms with Crippen LogP contribution in [0.2, 0.25) is 5.02 Å². The Morgan fingerprint density at radius 2 is 1.81 bits per heavy atom. The first-order valence-electron chi connectivity index (χ1n) is 12.5. The van der Waals surface area contributed by atoms with Gasteiger partial charge in [-0.1, -0.05) is 61.7 Å². The molecule has 11 heteroatoms. The number of nitrogens with zero attached hydrogens (tertiary/aromatic N) is 3. The minimum absolute atomic E-state index is 0.255. The molecule has 0 N–H and O–H groups in total. The number of aromatic nitrogens is 2. The van der Waals surface area contributed by atoms with Crippen LogP contribution in [-0.2, 0) is 6.61 Å². The Morgan fingerprint density at radius 3 is 2.62 bits per heavy atom. The van der Waals surface area contributed by atoms with Crippen molar-refractivity contribution in [3.63, 3.8) is 0 Å². The summed E-state index contributed by atoms with van der Waals surface area (Å²) < 4.78 is 21.6. The van der Waals surface area contributed by atoms with E-state index in [-0.39, 0.29) is 11.4 Å². The number of hydrogen-bond donors (Lipinski definition) is 0. The first kappa shape index (κ1) is 28.7. The van der Waals surface area contributed by atoms with Crippen LogP contribution in [0.3, 0.4) is 0 Å². The highest BCUT2D eigenvalue weighted by Crippen LogP contribution is 2.35. The van der Waals surface area contributed by atoms with Crippen molar-refractivity contribution in [1.82, 2.24) is 9.66 Å². The van der Waals surface area contributed by atoms with Crippen LogP contribution in [0, 0.1) is 0 Å². The molecule has 0 saturated carbocycles. The minimum atomic E-state index is -0.339. The van der Waals surface area contributed by atoms with Crippen molar-refractivity contribution >= 4 is 87.5 Å². The average Bonchev–Trinajstić information content (AvgIpc) is 3.40. The highest BCUT2D eigenvalue weighted by molar-refractivity contribution is 9.11. The van der Waals surface area contributed by atoms with Crippen LogP contribution in [-0.4, -0.2) is 23.0 Å². The molecule has 4 aromatic carbocycles. The van der Waals surface area contributed by atoms with Gasteiger partial charge in [0.15, 0.2) is 17.3 Å². The molecule has 0 aliphatic heterocycles. The second kappa shape index (κ2) is 12.0. The average molecular weight is 773 g/mol. The number of para-hydroxylation sites is 1. The Balaban J connectivity index is 1.39. The van der Waals surface area contributed by atoms with E-state index >= 15 is 0 Å². The summed E-state index contributed by atoms with van der Waals surface area (Å²) in [7, 11) is 1.57. The number of rotatable bonds is 7. The van der Waals surface area contributed by atoms with Gasteiger partial charge in [-0.05, 0) is 76.6 Å². The number of fused-ring (bicyclic) bond motifs is 2. The van der Waals surface area contributed by atoms with E-state index in [2.05, 4.69) is 52.9 Å². The molecule has 0 amide bonds. The fourth-order valence-electron chi connectivity index (χ4n) is 4.35. The molecule has 7 nitrogen and oxygen atoms in total. The third-order valence-electron chi connectivity index (χ3n) is 6.45. The quantitative estimate of drug-likeness (QED) is 0.151. The van der Waals surface area contributed by atoms with Crippen LogP contribution in [0.25, 0.3) is 33.5 Å². The molecule has 42 heavy (non-hydrogen) atoms. The fourth-order valence-corrected chi connectivity index (χ4v) is 6.12. The van der Waals surface area contributed by atoms with Crippen molar-refractivity contribution in [2.45, 2.75) is 6.61 Å². The van der Waals surface area contributed by atoms with Gasteiger partial charge in [0.05, 0.1) is 24.2 Å². The van der Waals surface area contributed by atoms with Crippen LogP contribution >= 0.6 is 59.4 Å². The normalized spacial score (nSPS) is 11.5. The molecule has 2 heterocycles. The second-order valence-corrected chi connectivity index (χ2v) is 12.2. The molecule has 0 aliphatic rings. The molecule has 0 bridgehead atoms. The van der Waals surface area contributed by atoms with E-state index in [1.165, 1.54) is 4.68 Å². The predicted molar refractivity (Wildman–Crippen MR) is 176 cm³/mol. The van der Waals surface area contributed by atoms with E-state index in [0.29, 0.717) is 55.4 Å². The zero-order valence-corrected chi connectivity index (χ0v) is 27.3. The predicted octanol–water partition coefficient (Wildman–Crippen LogP) is 9.22. The molecule has 2 aromatic heterocycles. The summed E-state index contributed by atoms with van der Waals surface area (Å²) in [4.78, 5) is 18.4. The van der Waals surface area contributed by atoms with Crippen molar-refractivity contribution < 1.29 is 13.9 Å². The highest BCUT2D eigenvalue weighted by atomic mass is 79.9. The standard InChI is InChI=1S/C31H19Br3ClN3O4/c1-40-27-12-19(24(34)14-28(27)41-16-17-6-7-20(32)13-23(17)33)15-36-38-30(37-25-5-3-2-4-22(25)31(38)39)29-11-18-10-21(35)8-9-26(18)42-29/h2-15H,16H2,1H3. The van der Waals surface area contributed by atoms with Gasteiger partial charge in [0, 0.05) is 35.0 Å². The SMILES string of the molecule is COc1cc(C=Nn2c(-c3cc4cc(Cl)ccc4o3)nc3ccccc3c2=O)c(Br)cc1OCc1ccc(Br)cc1Br. The maximum absolute atomic E-state index is 13.6. The smallest absolute Gasteiger partial charge is 0.282 e. The lowest BCUT2D eigenvalue weighted by molar-refractivity contribution is 0.283. The lowest BCUT2D eigenvalue weighted by Crippen LogP contribution is -2.20.